The maximum atomic E-state index is 12.0. The fourth-order valence-corrected chi connectivity index (χ4v) is 3.24. The van der Waals surface area contributed by atoms with E-state index in [0.717, 1.165) is 29.5 Å². The van der Waals surface area contributed by atoms with Gasteiger partial charge in [-0.3, -0.25) is 4.79 Å². The van der Waals surface area contributed by atoms with Crippen molar-refractivity contribution in [2.75, 3.05) is 13.1 Å². The molecule has 2 rings (SSSR count). The van der Waals surface area contributed by atoms with E-state index in [9.17, 15) is 4.79 Å². The number of carbonyl (C=O) groups is 1. The number of benzene rings is 1. The van der Waals surface area contributed by atoms with E-state index in [-0.39, 0.29) is 5.78 Å². The summed E-state index contributed by atoms with van der Waals surface area (Å²) in [5.41, 5.74) is 0.927. The van der Waals surface area contributed by atoms with Crippen molar-refractivity contribution in [3.8, 4) is 0 Å². The summed E-state index contributed by atoms with van der Waals surface area (Å²) in [6, 6.07) is 5.70. The lowest BCUT2D eigenvalue weighted by Gasteiger charge is -2.22. The lowest BCUT2D eigenvalue weighted by atomic mass is 9.92. The molecular formula is C15H19BrClNO. The Labute approximate surface area is 128 Å². The van der Waals surface area contributed by atoms with E-state index < -0.39 is 0 Å². The minimum atomic E-state index is 0.287. The topological polar surface area (TPSA) is 29.1 Å². The predicted molar refractivity (Wildman–Crippen MR) is 82.7 cm³/mol. The van der Waals surface area contributed by atoms with Crippen LogP contribution in [-0.2, 0) is 11.2 Å². The van der Waals surface area contributed by atoms with Crippen LogP contribution < -0.4 is 5.32 Å². The number of hydrogen-bond acceptors (Lipinski definition) is 2. The zero-order valence-electron chi connectivity index (χ0n) is 10.9. The standard InChI is InChI=1S/C15H19BrClNO/c16-13-5-4-12(15(17)9-13)8-14(19)6-3-11-2-1-7-18-10-11/h4-5,9,11,18H,1-3,6-8,10H2. The summed E-state index contributed by atoms with van der Waals surface area (Å²) in [4.78, 5) is 12.0. The Morgan fingerprint density at radius 2 is 2.32 bits per heavy atom. The van der Waals surface area contributed by atoms with Crippen molar-refractivity contribution in [3.63, 3.8) is 0 Å². The second-order valence-electron chi connectivity index (χ2n) is 5.20. The largest absolute Gasteiger partial charge is 0.316 e. The van der Waals surface area contributed by atoms with Crippen molar-refractivity contribution in [3.05, 3.63) is 33.3 Å². The highest BCUT2D eigenvalue weighted by atomic mass is 79.9. The van der Waals surface area contributed by atoms with Crippen molar-refractivity contribution >= 4 is 33.3 Å². The Morgan fingerprint density at radius 1 is 1.47 bits per heavy atom. The van der Waals surface area contributed by atoms with Crippen LogP contribution in [0.5, 0.6) is 0 Å². The number of halogens is 2. The van der Waals surface area contributed by atoms with Gasteiger partial charge in [0.05, 0.1) is 0 Å². The quantitative estimate of drug-likeness (QED) is 0.875. The van der Waals surface area contributed by atoms with Gasteiger partial charge in [0, 0.05) is 22.3 Å². The van der Waals surface area contributed by atoms with Gasteiger partial charge in [-0.05, 0) is 56.0 Å². The van der Waals surface area contributed by atoms with Crippen LogP contribution in [0.4, 0.5) is 0 Å². The molecule has 4 heteroatoms. The molecule has 1 fully saturated rings. The fourth-order valence-electron chi connectivity index (χ4n) is 2.50. The smallest absolute Gasteiger partial charge is 0.137 e. The maximum absolute atomic E-state index is 12.0. The second kappa shape index (κ2) is 7.41. The molecule has 1 atom stereocenters. The summed E-state index contributed by atoms with van der Waals surface area (Å²) in [6.45, 7) is 2.19. The van der Waals surface area contributed by atoms with Crippen molar-refractivity contribution in [2.45, 2.75) is 32.1 Å². The molecule has 1 saturated heterocycles. The molecule has 104 valence electrons. The van der Waals surface area contributed by atoms with Crippen LogP contribution in [0.15, 0.2) is 22.7 Å². The molecule has 0 bridgehead atoms. The molecule has 2 nitrogen and oxygen atoms in total. The summed E-state index contributed by atoms with van der Waals surface area (Å²) in [7, 11) is 0. The van der Waals surface area contributed by atoms with E-state index in [4.69, 9.17) is 11.6 Å². The molecule has 0 spiro atoms. The van der Waals surface area contributed by atoms with Gasteiger partial charge < -0.3 is 5.32 Å². The Morgan fingerprint density at radius 3 is 3.00 bits per heavy atom. The zero-order valence-corrected chi connectivity index (χ0v) is 13.3. The zero-order chi connectivity index (χ0) is 13.7. The van der Waals surface area contributed by atoms with E-state index in [1.54, 1.807) is 0 Å². The molecule has 1 aromatic rings. The lowest BCUT2D eigenvalue weighted by Crippen LogP contribution is -2.30. The summed E-state index contributed by atoms with van der Waals surface area (Å²) in [6.07, 6.45) is 4.60. The highest BCUT2D eigenvalue weighted by Crippen LogP contribution is 2.23. The molecule has 0 amide bonds. The van der Waals surface area contributed by atoms with Gasteiger partial charge >= 0.3 is 0 Å². The highest BCUT2D eigenvalue weighted by molar-refractivity contribution is 9.10. The monoisotopic (exact) mass is 343 g/mol. The summed E-state index contributed by atoms with van der Waals surface area (Å²) in [5, 5.41) is 4.05. The molecule has 19 heavy (non-hydrogen) atoms. The van der Waals surface area contributed by atoms with E-state index in [2.05, 4.69) is 21.2 Å². The minimum absolute atomic E-state index is 0.287. The number of nitrogens with one attached hydrogen (secondary N) is 1. The van der Waals surface area contributed by atoms with Gasteiger partial charge in [0.25, 0.3) is 0 Å². The number of carbonyl (C=O) groups excluding carboxylic acids is 1. The first-order valence-corrected chi connectivity index (χ1v) is 7.98. The number of ketones is 1. The van der Waals surface area contributed by atoms with Gasteiger partial charge in [-0.15, -0.1) is 0 Å². The third-order valence-electron chi connectivity index (χ3n) is 3.63. The first kappa shape index (κ1) is 15.0. The molecule has 1 aliphatic rings. The highest BCUT2D eigenvalue weighted by Gasteiger charge is 2.15. The second-order valence-corrected chi connectivity index (χ2v) is 6.53. The summed E-state index contributed by atoms with van der Waals surface area (Å²) >= 11 is 9.50. The van der Waals surface area contributed by atoms with Crippen molar-refractivity contribution in [1.29, 1.82) is 0 Å². The molecular weight excluding hydrogens is 326 g/mol. The van der Waals surface area contributed by atoms with E-state index in [1.807, 2.05) is 18.2 Å². The Bertz CT molecular complexity index is 444. The van der Waals surface area contributed by atoms with E-state index in [0.29, 0.717) is 23.8 Å². The molecule has 0 aromatic heterocycles. The SMILES string of the molecule is O=C(CCC1CCCNC1)Cc1ccc(Br)cc1Cl. The maximum Gasteiger partial charge on any atom is 0.137 e. The van der Waals surface area contributed by atoms with Crippen LogP contribution >= 0.6 is 27.5 Å². The van der Waals surface area contributed by atoms with Gasteiger partial charge in [-0.25, -0.2) is 0 Å². The van der Waals surface area contributed by atoms with Crippen LogP contribution in [0.25, 0.3) is 0 Å². The third-order valence-corrected chi connectivity index (χ3v) is 4.48. The lowest BCUT2D eigenvalue weighted by molar-refractivity contribution is -0.118. The van der Waals surface area contributed by atoms with E-state index in [1.165, 1.54) is 12.8 Å². The summed E-state index contributed by atoms with van der Waals surface area (Å²) in [5.74, 6) is 0.952. The van der Waals surface area contributed by atoms with Gasteiger partial charge in [-0.1, -0.05) is 33.6 Å². The molecule has 1 unspecified atom stereocenters. The Kier molecular flexibility index (Phi) is 5.86. The van der Waals surface area contributed by atoms with Crippen LogP contribution in [0.1, 0.15) is 31.2 Å². The fraction of sp³-hybridized carbons (Fsp3) is 0.533. The number of Topliss-reactive ketones (excluding diaryl/α,β-unsaturated/α-hetero) is 1. The molecule has 1 aromatic carbocycles. The molecule has 0 aliphatic carbocycles. The van der Waals surface area contributed by atoms with E-state index >= 15 is 0 Å². The molecule has 0 radical (unpaired) electrons. The third kappa shape index (κ3) is 4.90. The van der Waals surface area contributed by atoms with Crippen LogP contribution in [-0.4, -0.2) is 18.9 Å². The number of rotatable bonds is 5. The number of hydrogen-bond donors (Lipinski definition) is 1. The van der Waals surface area contributed by atoms with Crippen LogP contribution in [0.3, 0.4) is 0 Å². The normalized spacial score (nSPS) is 19.4. The van der Waals surface area contributed by atoms with Crippen LogP contribution in [0, 0.1) is 5.92 Å². The molecule has 1 heterocycles. The van der Waals surface area contributed by atoms with Gasteiger partial charge in [-0.2, -0.15) is 0 Å². The van der Waals surface area contributed by atoms with Gasteiger partial charge in [0.1, 0.15) is 5.78 Å². The van der Waals surface area contributed by atoms with Crippen molar-refractivity contribution in [1.82, 2.24) is 5.32 Å². The Balaban J connectivity index is 1.80. The summed E-state index contributed by atoms with van der Waals surface area (Å²) < 4.78 is 0.946. The number of piperidine rings is 1. The first-order chi connectivity index (χ1) is 9.15. The molecule has 0 saturated carbocycles. The van der Waals surface area contributed by atoms with Crippen molar-refractivity contribution < 1.29 is 4.79 Å². The first-order valence-electron chi connectivity index (χ1n) is 6.81. The van der Waals surface area contributed by atoms with Gasteiger partial charge in [0.15, 0.2) is 0 Å². The van der Waals surface area contributed by atoms with Crippen LogP contribution in [0.2, 0.25) is 5.02 Å². The molecule has 1 aliphatic heterocycles. The minimum Gasteiger partial charge on any atom is -0.316 e. The molecule has 1 N–H and O–H groups in total. The average molecular weight is 345 g/mol. The Hall–Kier alpha value is -0.380. The van der Waals surface area contributed by atoms with Crippen molar-refractivity contribution in [2.24, 2.45) is 5.92 Å². The average Bonchev–Trinajstić information content (AvgIpc) is 2.41. The predicted octanol–water partition coefficient (Wildman–Crippen LogP) is 3.99. The van der Waals surface area contributed by atoms with Gasteiger partial charge in [0.2, 0.25) is 0 Å².